The van der Waals surface area contributed by atoms with Gasteiger partial charge in [0.1, 0.15) is 11.6 Å². The zero-order chi connectivity index (χ0) is 31.6. The molecule has 0 aromatic heterocycles. The normalized spacial score (nSPS) is 26.9. The molecule has 3 aliphatic heterocycles. The highest BCUT2D eigenvalue weighted by atomic mass is 16.5. The number of carbonyl (C=O) groups is 3. The number of unbranched alkanes of at least 4 members (excludes halogenated alkanes) is 1. The zero-order valence-electron chi connectivity index (χ0n) is 26.2. The minimum absolute atomic E-state index is 0.00949. The molecule has 2 aromatic rings. The van der Waals surface area contributed by atoms with E-state index in [1.807, 2.05) is 69.3 Å². The molecule has 0 saturated carbocycles. The summed E-state index contributed by atoms with van der Waals surface area (Å²) in [5.41, 5.74) is 1.45. The van der Waals surface area contributed by atoms with Gasteiger partial charge in [0.15, 0.2) is 0 Å². The van der Waals surface area contributed by atoms with Crippen molar-refractivity contribution in [2.45, 2.75) is 70.1 Å². The molecule has 3 saturated heterocycles. The maximum Gasteiger partial charge on any atom is 0.253 e. The number of likely N-dealkylation sites (tertiary alicyclic amines) is 1. The average Bonchev–Trinajstić information content (AvgIpc) is 3.63. The first-order valence-corrected chi connectivity index (χ1v) is 15.8. The van der Waals surface area contributed by atoms with E-state index >= 15 is 0 Å². The maximum atomic E-state index is 14.9. The molecule has 3 heterocycles. The Morgan fingerprint density at radius 1 is 1.02 bits per heavy atom. The molecule has 2 bridgehead atoms. The third-order valence-corrected chi connectivity index (χ3v) is 9.87. The Balaban J connectivity index is 1.62. The number of rotatable bonds is 13. The molecule has 2 aromatic carbocycles. The maximum absolute atomic E-state index is 14.9. The van der Waals surface area contributed by atoms with E-state index < -0.39 is 29.1 Å². The van der Waals surface area contributed by atoms with Gasteiger partial charge in [0, 0.05) is 37.6 Å². The Bertz CT molecular complexity index is 1430. The topological polar surface area (TPSA) is 90.4 Å². The Kier molecular flexibility index (Phi) is 9.14. The lowest BCUT2D eigenvalue weighted by atomic mass is 9.64. The molecule has 3 aliphatic rings. The van der Waals surface area contributed by atoms with Gasteiger partial charge in [-0.3, -0.25) is 14.4 Å². The number of fused-ring (bicyclic) bond motifs is 1. The van der Waals surface area contributed by atoms with Gasteiger partial charge in [0.25, 0.3) is 5.91 Å². The lowest BCUT2D eigenvalue weighted by Crippen LogP contribution is -2.56. The molecule has 5 rings (SSSR count). The molecular formula is C36H45N3O5. The number of carbonyl (C=O) groups excluding carboxylic acids is 3. The molecule has 0 aliphatic carbocycles. The molecule has 3 amide bonds. The van der Waals surface area contributed by atoms with Gasteiger partial charge in [0.2, 0.25) is 11.8 Å². The summed E-state index contributed by atoms with van der Waals surface area (Å²) in [4.78, 5) is 49.2. The first-order chi connectivity index (χ1) is 21.2. The monoisotopic (exact) mass is 599 g/mol. The lowest BCUT2D eigenvalue weighted by Gasteiger charge is -2.37. The Hall–Kier alpha value is -3.75. The van der Waals surface area contributed by atoms with Crippen LogP contribution < -0.4 is 9.80 Å². The number of amides is 3. The molecule has 3 fully saturated rings. The lowest BCUT2D eigenvalue weighted by molar-refractivity contribution is -0.146. The van der Waals surface area contributed by atoms with Crippen molar-refractivity contribution in [3.05, 3.63) is 85.0 Å². The molecule has 0 radical (unpaired) electrons. The van der Waals surface area contributed by atoms with Crippen LogP contribution in [-0.4, -0.2) is 71.2 Å². The summed E-state index contributed by atoms with van der Waals surface area (Å²) < 4.78 is 7.02. The van der Waals surface area contributed by atoms with Crippen molar-refractivity contribution in [1.29, 1.82) is 0 Å². The second-order valence-corrected chi connectivity index (χ2v) is 12.4. The quantitative estimate of drug-likeness (QED) is 0.260. The third-order valence-electron chi connectivity index (χ3n) is 9.87. The van der Waals surface area contributed by atoms with Crippen LogP contribution in [0.4, 0.5) is 11.4 Å². The fourth-order valence-corrected chi connectivity index (χ4v) is 7.83. The SMILES string of the molecule is C=CCN(C(=O)[C@H]1[C@H]2C(=O)N(CCCCO)C(C(=O)N(CC=C)c3cc(C)ccc3C)C23CC[C@]1(CC)O3)c1ccccc1. The van der Waals surface area contributed by atoms with E-state index in [0.717, 1.165) is 22.5 Å². The predicted molar refractivity (Wildman–Crippen MR) is 172 cm³/mol. The Labute approximate surface area is 261 Å². The minimum atomic E-state index is -1.14. The Morgan fingerprint density at radius 3 is 2.39 bits per heavy atom. The molecule has 2 unspecified atom stereocenters. The summed E-state index contributed by atoms with van der Waals surface area (Å²) in [5.74, 6) is -2.18. The summed E-state index contributed by atoms with van der Waals surface area (Å²) in [6.07, 6.45) is 6.05. The minimum Gasteiger partial charge on any atom is -0.396 e. The smallest absolute Gasteiger partial charge is 0.253 e. The van der Waals surface area contributed by atoms with Gasteiger partial charge in [0.05, 0.1) is 17.4 Å². The van der Waals surface area contributed by atoms with Crippen LogP contribution in [0.25, 0.3) is 0 Å². The van der Waals surface area contributed by atoms with E-state index in [1.165, 1.54) is 0 Å². The molecule has 44 heavy (non-hydrogen) atoms. The number of aliphatic hydroxyl groups excluding tert-OH is 1. The van der Waals surface area contributed by atoms with Crippen molar-refractivity contribution in [2.75, 3.05) is 36.0 Å². The molecule has 1 spiro atoms. The van der Waals surface area contributed by atoms with E-state index in [4.69, 9.17) is 4.74 Å². The average molecular weight is 600 g/mol. The van der Waals surface area contributed by atoms with E-state index in [-0.39, 0.29) is 37.4 Å². The highest BCUT2D eigenvalue weighted by Gasteiger charge is 2.79. The van der Waals surface area contributed by atoms with E-state index in [9.17, 15) is 19.5 Å². The number of hydrogen-bond donors (Lipinski definition) is 1. The van der Waals surface area contributed by atoms with Crippen molar-refractivity contribution < 1.29 is 24.2 Å². The summed E-state index contributed by atoms with van der Waals surface area (Å²) in [7, 11) is 0. The second-order valence-electron chi connectivity index (χ2n) is 12.4. The molecule has 234 valence electrons. The van der Waals surface area contributed by atoms with Gasteiger partial charge >= 0.3 is 0 Å². The van der Waals surface area contributed by atoms with Crippen LogP contribution in [0.2, 0.25) is 0 Å². The standard InChI is InChI=1S/C36H45N3O5/c1-6-20-37(27-14-10-9-11-15-27)32(41)29-30-33(42)39(22-12-13-23-40)31(36(30)19-18-35(29,8-3)44-36)34(43)38(21-7-2)28-24-25(4)16-17-26(28)5/h6-7,9-11,14-17,24,29-31,40H,1-2,8,12-13,18-23H2,3-5H3/t29-,30+,31?,35+,36?/m1/s1. The summed E-state index contributed by atoms with van der Waals surface area (Å²) in [5, 5.41) is 9.54. The summed E-state index contributed by atoms with van der Waals surface area (Å²) >= 11 is 0. The number of aryl methyl sites for hydroxylation is 2. The van der Waals surface area contributed by atoms with Crippen molar-refractivity contribution in [1.82, 2.24) is 4.90 Å². The molecule has 1 N–H and O–H groups in total. The van der Waals surface area contributed by atoms with Gasteiger partial charge in [-0.25, -0.2) is 0 Å². The van der Waals surface area contributed by atoms with E-state index in [0.29, 0.717) is 38.6 Å². The van der Waals surface area contributed by atoms with Crippen LogP contribution in [0.1, 0.15) is 50.2 Å². The third kappa shape index (κ3) is 5.08. The summed E-state index contributed by atoms with van der Waals surface area (Å²) in [6.45, 7) is 14.6. The highest BCUT2D eigenvalue weighted by molar-refractivity contribution is 6.07. The number of benzene rings is 2. The van der Waals surface area contributed by atoms with Crippen LogP contribution in [-0.2, 0) is 19.1 Å². The van der Waals surface area contributed by atoms with Crippen LogP contribution in [0.3, 0.4) is 0 Å². The molecule has 5 atom stereocenters. The number of aliphatic hydroxyl groups is 1. The molecule has 8 nitrogen and oxygen atoms in total. The molecular weight excluding hydrogens is 554 g/mol. The van der Waals surface area contributed by atoms with Crippen molar-refractivity contribution in [3.63, 3.8) is 0 Å². The van der Waals surface area contributed by atoms with Crippen LogP contribution in [0, 0.1) is 25.7 Å². The van der Waals surface area contributed by atoms with E-state index in [2.05, 4.69) is 13.2 Å². The van der Waals surface area contributed by atoms with Gasteiger partial charge in [-0.1, -0.05) is 49.4 Å². The van der Waals surface area contributed by atoms with Crippen molar-refractivity contribution >= 4 is 29.1 Å². The number of ether oxygens (including phenoxy) is 1. The fraction of sp³-hybridized carbons (Fsp3) is 0.472. The second kappa shape index (κ2) is 12.7. The predicted octanol–water partition coefficient (Wildman–Crippen LogP) is 4.97. The van der Waals surface area contributed by atoms with Crippen LogP contribution in [0.15, 0.2) is 73.8 Å². The van der Waals surface area contributed by atoms with Crippen LogP contribution in [0.5, 0.6) is 0 Å². The Morgan fingerprint density at radius 2 is 1.73 bits per heavy atom. The van der Waals surface area contributed by atoms with Gasteiger partial charge in [-0.2, -0.15) is 0 Å². The number of hydrogen-bond acceptors (Lipinski definition) is 5. The number of anilines is 2. The fourth-order valence-electron chi connectivity index (χ4n) is 7.83. The number of para-hydroxylation sites is 1. The first kappa shape index (κ1) is 31.7. The summed E-state index contributed by atoms with van der Waals surface area (Å²) in [6, 6.07) is 14.5. The number of nitrogens with zero attached hydrogens (tertiary/aromatic N) is 3. The van der Waals surface area contributed by atoms with Crippen molar-refractivity contribution in [2.24, 2.45) is 11.8 Å². The van der Waals surface area contributed by atoms with Gasteiger partial charge < -0.3 is 24.5 Å². The van der Waals surface area contributed by atoms with Crippen molar-refractivity contribution in [3.8, 4) is 0 Å². The first-order valence-electron chi connectivity index (χ1n) is 15.8. The van der Waals surface area contributed by atoms with Gasteiger partial charge in [-0.15, -0.1) is 13.2 Å². The van der Waals surface area contributed by atoms with Gasteiger partial charge in [-0.05, 0) is 75.3 Å². The van der Waals surface area contributed by atoms with Crippen LogP contribution >= 0.6 is 0 Å². The zero-order valence-corrected chi connectivity index (χ0v) is 26.2. The highest BCUT2D eigenvalue weighted by Crippen LogP contribution is 2.65. The largest absolute Gasteiger partial charge is 0.396 e. The van der Waals surface area contributed by atoms with E-state index in [1.54, 1.807) is 26.9 Å². The molecule has 8 heteroatoms.